The summed E-state index contributed by atoms with van der Waals surface area (Å²) in [7, 11) is 0. The van der Waals surface area contributed by atoms with Crippen molar-refractivity contribution in [3.63, 3.8) is 0 Å². The summed E-state index contributed by atoms with van der Waals surface area (Å²) in [6, 6.07) is 9.88. The van der Waals surface area contributed by atoms with E-state index in [1.54, 1.807) is 6.92 Å². The minimum absolute atomic E-state index is 0.0815. The summed E-state index contributed by atoms with van der Waals surface area (Å²) < 4.78 is 5.30. The number of rotatable bonds is 6. The van der Waals surface area contributed by atoms with Crippen LogP contribution in [0.1, 0.15) is 45.1 Å². The molecule has 0 amide bonds. The molecule has 1 aliphatic rings. The average molecular weight is 302 g/mol. The van der Waals surface area contributed by atoms with Gasteiger partial charge in [-0.3, -0.25) is 4.79 Å². The average Bonchev–Trinajstić information content (AvgIpc) is 2.52. The van der Waals surface area contributed by atoms with Crippen LogP contribution < -0.4 is 0 Å². The maximum absolute atomic E-state index is 11.9. The zero-order chi connectivity index (χ0) is 16.0. The van der Waals surface area contributed by atoms with Crippen molar-refractivity contribution in [1.29, 1.82) is 0 Å². The molecule has 120 valence electrons. The number of allylic oxidation sites excluding steroid dienone is 2. The summed E-state index contributed by atoms with van der Waals surface area (Å²) >= 11 is 0. The molecule has 1 aromatic rings. The van der Waals surface area contributed by atoms with Gasteiger partial charge >= 0.3 is 5.97 Å². The van der Waals surface area contributed by atoms with Crippen LogP contribution in [0.15, 0.2) is 42.0 Å². The number of hydrogen-bond acceptors (Lipinski definition) is 3. The molecule has 0 bridgehead atoms. The van der Waals surface area contributed by atoms with Gasteiger partial charge in [-0.1, -0.05) is 42.0 Å². The Balaban J connectivity index is 1.75. The summed E-state index contributed by atoms with van der Waals surface area (Å²) in [5.41, 5.74) is 1.56. The lowest BCUT2D eigenvalue weighted by molar-refractivity contribution is -0.154. The zero-order valence-corrected chi connectivity index (χ0v) is 13.5. The molecule has 0 unspecified atom stereocenters. The van der Waals surface area contributed by atoms with Gasteiger partial charge in [0.25, 0.3) is 0 Å². The van der Waals surface area contributed by atoms with Crippen molar-refractivity contribution in [1.82, 2.24) is 0 Å². The maximum Gasteiger partial charge on any atom is 0.306 e. The van der Waals surface area contributed by atoms with E-state index in [4.69, 9.17) is 4.74 Å². The maximum atomic E-state index is 11.9. The van der Waals surface area contributed by atoms with Gasteiger partial charge in [0.05, 0.1) is 5.60 Å². The number of aryl methyl sites for hydroxylation is 1. The molecule has 0 aromatic heterocycles. The van der Waals surface area contributed by atoms with E-state index in [0.29, 0.717) is 12.8 Å². The minimum Gasteiger partial charge on any atom is -0.463 e. The van der Waals surface area contributed by atoms with Gasteiger partial charge < -0.3 is 9.84 Å². The highest BCUT2D eigenvalue weighted by Crippen LogP contribution is 2.32. The Morgan fingerprint density at radius 1 is 1.36 bits per heavy atom. The SMILES string of the molecule is CC1=CC[C@H]([C@@](C)(O)COC(=O)CCc2ccccc2)CC1. The normalized spacial score (nSPS) is 20.9. The lowest BCUT2D eigenvalue weighted by Crippen LogP contribution is -2.40. The second kappa shape index (κ2) is 7.59. The predicted octanol–water partition coefficient (Wildman–Crippen LogP) is 3.66. The van der Waals surface area contributed by atoms with Crippen molar-refractivity contribution in [2.75, 3.05) is 6.61 Å². The predicted molar refractivity (Wildman–Crippen MR) is 87.4 cm³/mol. The zero-order valence-electron chi connectivity index (χ0n) is 13.5. The van der Waals surface area contributed by atoms with Crippen molar-refractivity contribution in [2.24, 2.45) is 5.92 Å². The molecule has 0 fully saturated rings. The van der Waals surface area contributed by atoms with Gasteiger partial charge in [-0.25, -0.2) is 0 Å². The summed E-state index contributed by atoms with van der Waals surface area (Å²) in [6.07, 6.45) is 6.04. The topological polar surface area (TPSA) is 46.5 Å². The third-order valence-electron chi connectivity index (χ3n) is 4.50. The third-order valence-corrected chi connectivity index (χ3v) is 4.50. The van der Waals surface area contributed by atoms with Gasteiger partial charge in [-0.05, 0) is 51.0 Å². The Labute approximate surface area is 133 Å². The summed E-state index contributed by atoms with van der Waals surface area (Å²) in [4.78, 5) is 11.9. The molecule has 22 heavy (non-hydrogen) atoms. The van der Waals surface area contributed by atoms with Crippen LogP contribution in [0.4, 0.5) is 0 Å². The molecule has 1 N–H and O–H groups in total. The smallest absolute Gasteiger partial charge is 0.306 e. The quantitative estimate of drug-likeness (QED) is 0.644. The number of aliphatic hydroxyl groups is 1. The molecule has 2 rings (SSSR count). The van der Waals surface area contributed by atoms with E-state index in [-0.39, 0.29) is 18.5 Å². The Hall–Kier alpha value is -1.61. The highest BCUT2D eigenvalue weighted by Gasteiger charge is 2.33. The van der Waals surface area contributed by atoms with Gasteiger partial charge in [0.1, 0.15) is 6.61 Å². The summed E-state index contributed by atoms with van der Waals surface area (Å²) in [5.74, 6) is -0.0789. The van der Waals surface area contributed by atoms with Crippen LogP contribution in [0.5, 0.6) is 0 Å². The first-order valence-electron chi connectivity index (χ1n) is 8.05. The Bertz CT molecular complexity index is 517. The second-order valence-corrected chi connectivity index (χ2v) is 6.53. The molecular formula is C19H26O3. The lowest BCUT2D eigenvalue weighted by atomic mass is 9.79. The fraction of sp³-hybridized carbons (Fsp3) is 0.526. The van der Waals surface area contributed by atoms with E-state index in [1.165, 1.54) is 5.57 Å². The van der Waals surface area contributed by atoms with Crippen molar-refractivity contribution < 1.29 is 14.6 Å². The molecular weight excluding hydrogens is 276 g/mol. The molecule has 3 nitrogen and oxygen atoms in total. The molecule has 0 radical (unpaired) electrons. The first kappa shape index (κ1) is 16.8. The van der Waals surface area contributed by atoms with E-state index in [0.717, 1.165) is 24.8 Å². The highest BCUT2D eigenvalue weighted by molar-refractivity contribution is 5.69. The lowest BCUT2D eigenvalue weighted by Gasteiger charge is -2.34. The molecule has 1 aromatic carbocycles. The Morgan fingerprint density at radius 3 is 2.73 bits per heavy atom. The fourth-order valence-electron chi connectivity index (χ4n) is 2.84. The van der Waals surface area contributed by atoms with E-state index in [2.05, 4.69) is 13.0 Å². The van der Waals surface area contributed by atoms with E-state index >= 15 is 0 Å². The standard InChI is InChI=1S/C19H26O3/c1-15-8-11-17(12-9-15)19(2,21)14-22-18(20)13-10-16-6-4-3-5-7-16/h3-8,17,21H,9-14H2,1-2H3/t17-,19-/m0/s1. The molecule has 3 heteroatoms. The third kappa shape index (κ3) is 4.99. The number of carbonyl (C=O) groups is 1. The molecule has 0 saturated heterocycles. The number of hydrogen-bond donors (Lipinski definition) is 1. The number of esters is 1. The van der Waals surface area contributed by atoms with Crippen molar-refractivity contribution >= 4 is 5.97 Å². The largest absolute Gasteiger partial charge is 0.463 e. The van der Waals surface area contributed by atoms with Crippen LogP contribution in [-0.4, -0.2) is 23.3 Å². The Kier molecular flexibility index (Phi) is 5.78. The van der Waals surface area contributed by atoms with Gasteiger partial charge in [-0.2, -0.15) is 0 Å². The summed E-state index contributed by atoms with van der Waals surface area (Å²) in [5, 5.41) is 10.6. The van der Waals surface area contributed by atoms with E-state index < -0.39 is 5.60 Å². The van der Waals surface area contributed by atoms with Crippen LogP contribution in [-0.2, 0) is 16.0 Å². The van der Waals surface area contributed by atoms with Crippen LogP contribution in [0.2, 0.25) is 0 Å². The monoisotopic (exact) mass is 302 g/mol. The first-order chi connectivity index (χ1) is 10.5. The molecule has 0 spiro atoms. The van der Waals surface area contributed by atoms with Crippen LogP contribution >= 0.6 is 0 Å². The number of benzene rings is 1. The van der Waals surface area contributed by atoms with Gasteiger partial charge in [-0.15, -0.1) is 0 Å². The van der Waals surface area contributed by atoms with Gasteiger partial charge in [0.2, 0.25) is 0 Å². The molecule has 0 aliphatic heterocycles. The van der Waals surface area contributed by atoms with Crippen molar-refractivity contribution in [2.45, 2.75) is 51.6 Å². The Morgan fingerprint density at radius 2 is 2.09 bits per heavy atom. The fourth-order valence-corrected chi connectivity index (χ4v) is 2.84. The van der Waals surface area contributed by atoms with E-state index in [1.807, 2.05) is 30.3 Å². The number of carbonyl (C=O) groups excluding carboxylic acids is 1. The van der Waals surface area contributed by atoms with E-state index in [9.17, 15) is 9.90 Å². The molecule has 0 saturated carbocycles. The van der Waals surface area contributed by atoms with Crippen LogP contribution in [0.3, 0.4) is 0 Å². The molecule has 2 atom stereocenters. The second-order valence-electron chi connectivity index (χ2n) is 6.53. The summed E-state index contributed by atoms with van der Waals surface area (Å²) in [6.45, 7) is 3.98. The van der Waals surface area contributed by atoms with Crippen molar-refractivity contribution in [3.8, 4) is 0 Å². The minimum atomic E-state index is -0.945. The van der Waals surface area contributed by atoms with Gasteiger partial charge in [0.15, 0.2) is 0 Å². The van der Waals surface area contributed by atoms with Crippen LogP contribution in [0.25, 0.3) is 0 Å². The first-order valence-corrected chi connectivity index (χ1v) is 8.05. The molecule has 1 aliphatic carbocycles. The van der Waals surface area contributed by atoms with Crippen LogP contribution in [0, 0.1) is 5.92 Å². The highest BCUT2D eigenvalue weighted by atomic mass is 16.5. The van der Waals surface area contributed by atoms with Crippen molar-refractivity contribution in [3.05, 3.63) is 47.5 Å². The van der Waals surface area contributed by atoms with Gasteiger partial charge in [0, 0.05) is 6.42 Å². The number of ether oxygens (including phenoxy) is 1. The molecule has 0 heterocycles.